The number of nitrogens with zero attached hydrogens (tertiary/aromatic N) is 4. The molecule has 0 spiro atoms. The van der Waals surface area contributed by atoms with Crippen LogP contribution in [0.5, 0.6) is 0 Å². The zero-order valence-corrected chi connectivity index (χ0v) is 20.6. The first-order valence-corrected chi connectivity index (χ1v) is 12.4. The second-order valence-electron chi connectivity index (χ2n) is 9.62. The third-order valence-electron chi connectivity index (χ3n) is 7.26. The maximum Gasteiger partial charge on any atom is 0.407 e. The molecule has 3 heterocycles. The maximum atomic E-state index is 13.6. The van der Waals surface area contributed by atoms with Crippen molar-refractivity contribution in [1.29, 1.82) is 0 Å². The van der Waals surface area contributed by atoms with Crippen LogP contribution in [0.1, 0.15) is 31.7 Å². The first-order chi connectivity index (χ1) is 16.2. The van der Waals surface area contributed by atoms with E-state index in [1.807, 2.05) is 30.0 Å². The van der Waals surface area contributed by atoms with Crippen LogP contribution >= 0.6 is 11.6 Å². The lowest BCUT2D eigenvalue weighted by Crippen LogP contribution is -2.44. The molecule has 9 heteroatoms. The summed E-state index contributed by atoms with van der Waals surface area (Å²) in [6.07, 6.45) is 3.38. The number of amides is 3. The second kappa shape index (κ2) is 10.3. The Hall–Kier alpha value is -2.74. The second-order valence-corrected chi connectivity index (χ2v) is 10.0. The number of likely N-dealkylation sites (tertiary alicyclic amines) is 2. The summed E-state index contributed by atoms with van der Waals surface area (Å²) in [5, 5.41) is 9.84. The highest BCUT2D eigenvalue weighted by atomic mass is 35.5. The first-order valence-electron chi connectivity index (χ1n) is 12.0. The number of aryl methyl sites for hydroxylation is 1. The minimum atomic E-state index is -0.859. The van der Waals surface area contributed by atoms with Gasteiger partial charge in [0.05, 0.1) is 0 Å². The lowest BCUT2D eigenvalue weighted by molar-refractivity contribution is -0.133. The third-order valence-corrected chi connectivity index (χ3v) is 7.67. The Balaban J connectivity index is 1.39. The zero-order chi connectivity index (χ0) is 24.4. The molecule has 0 aliphatic carbocycles. The van der Waals surface area contributed by atoms with E-state index >= 15 is 0 Å². The number of carboxylic acid groups (broad SMARTS) is 1. The summed E-state index contributed by atoms with van der Waals surface area (Å²) in [4.78, 5) is 43.8. The molecule has 0 bridgehead atoms. The van der Waals surface area contributed by atoms with E-state index in [0.717, 1.165) is 30.8 Å². The molecule has 1 aromatic rings. The van der Waals surface area contributed by atoms with Crippen molar-refractivity contribution in [2.75, 3.05) is 50.7 Å². The molecule has 1 unspecified atom stereocenters. The highest BCUT2D eigenvalue weighted by molar-refractivity contribution is 6.31. The van der Waals surface area contributed by atoms with Gasteiger partial charge in [-0.2, -0.15) is 0 Å². The van der Waals surface area contributed by atoms with E-state index in [9.17, 15) is 19.5 Å². The number of carbonyl (C=O) groups is 3. The van der Waals surface area contributed by atoms with Gasteiger partial charge in [-0.1, -0.05) is 17.7 Å². The highest BCUT2D eigenvalue weighted by Gasteiger charge is 2.35. The van der Waals surface area contributed by atoms with Crippen LogP contribution in [0.15, 0.2) is 30.0 Å². The van der Waals surface area contributed by atoms with Gasteiger partial charge in [-0.15, -0.1) is 0 Å². The van der Waals surface area contributed by atoms with E-state index < -0.39 is 6.09 Å². The summed E-state index contributed by atoms with van der Waals surface area (Å²) in [5.41, 5.74) is 2.96. The van der Waals surface area contributed by atoms with Gasteiger partial charge in [0.2, 0.25) is 11.8 Å². The van der Waals surface area contributed by atoms with Gasteiger partial charge in [-0.05, 0) is 49.5 Å². The molecule has 1 aromatic carbocycles. The van der Waals surface area contributed by atoms with Crippen molar-refractivity contribution in [1.82, 2.24) is 14.7 Å². The minimum absolute atomic E-state index is 0.0593. The van der Waals surface area contributed by atoms with Crippen molar-refractivity contribution >= 4 is 35.2 Å². The van der Waals surface area contributed by atoms with Crippen LogP contribution < -0.4 is 4.90 Å². The van der Waals surface area contributed by atoms with Crippen LogP contribution in [0.2, 0.25) is 5.02 Å². The summed E-state index contributed by atoms with van der Waals surface area (Å²) in [6, 6.07) is 5.76. The Morgan fingerprint density at radius 3 is 2.50 bits per heavy atom. The smallest absolute Gasteiger partial charge is 0.407 e. The van der Waals surface area contributed by atoms with Crippen LogP contribution in [0.4, 0.5) is 10.5 Å². The molecule has 1 atom stereocenters. The number of carbonyl (C=O) groups excluding carboxylic acids is 2. The molecule has 2 fully saturated rings. The zero-order valence-electron chi connectivity index (χ0n) is 19.9. The Labute approximate surface area is 205 Å². The molecule has 184 valence electrons. The van der Waals surface area contributed by atoms with Crippen molar-refractivity contribution in [3.63, 3.8) is 0 Å². The Morgan fingerprint density at radius 1 is 1.15 bits per heavy atom. The van der Waals surface area contributed by atoms with Crippen LogP contribution in [-0.2, 0) is 9.59 Å². The summed E-state index contributed by atoms with van der Waals surface area (Å²) in [7, 11) is 0. The largest absolute Gasteiger partial charge is 0.465 e. The number of benzene rings is 1. The van der Waals surface area contributed by atoms with Crippen molar-refractivity contribution in [3.8, 4) is 0 Å². The summed E-state index contributed by atoms with van der Waals surface area (Å²) >= 11 is 6.38. The van der Waals surface area contributed by atoms with Crippen molar-refractivity contribution in [2.24, 2.45) is 11.8 Å². The van der Waals surface area contributed by atoms with Gasteiger partial charge in [0.25, 0.3) is 0 Å². The van der Waals surface area contributed by atoms with E-state index in [1.54, 1.807) is 11.8 Å². The number of anilines is 1. The molecule has 0 aromatic heterocycles. The average Bonchev–Trinajstić information content (AvgIpc) is 3.37. The molecule has 2 saturated heterocycles. The predicted octanol–water partition coefficient (Wildman–Crippen LogP) is 3.44. The SMILES string of the molecule is CC(=O)N1CCC(C(=O)N(CCCN2C=C3CN(C(=O)O)CC3C2)c2ccc(C)c(Cl)c2)CC1. The van der Waals surface area contributed by atoms with Gasteiger partial charge in [0.15, 0.2) is 0 Å². The number of halogens is 1. The number of fused-ring (bicyclic) bond motifs is 1. The first kappa shape index (κ1) is 24.4. The van der Waals surface area contributed by atoms with E-state index in [2.05, 4.69) is 11.1 Å². The molecule has 8 nitrogen and oxygen atoms in total. The monoisotopic (exact) mass is 488 g/mol. The average molecular weight is 489 g/mol. The Kier molecular flexibility index (Phi) is 7.36. The number of hydrogen-bond donors (Lipinski definition) is 1. The molecule has 1 N–H and O–H groups in total. The predicted molar refractivity (Wildman–Crippen MR) is 131 cm³/mol. The molecule has 3 aliphatic heterocycles. The van der Waals surface area contributed by atoms with Gasteiger partial charge in [-0.3, -0.25) is 9.59 Å². The van der Waals surface area contributed by atoms with Crippen molar-refractivity contribution in [2.45, 2.75) is 33.1 Å². The Morgan fingerprint density at radius 2 is 1.88 bits per heavy atom. The van der Waals surface area contributed by atoms with Crippen LogP contribution in [0.3, 0.4) is 0 Å². The quantitative estimate of drug-likeness (QED) is 0.663. The minimum Gasteiger partial charge on any atom is -0.465 e. The van der Waals surface area contributed by atoms with Crippen molar-refractivity contribution < 1.29 is 19.5 Å². The molecule has 0 saturated carbocycles. The van der Waals surface area contributed by atoms with Crippen LogP contribution in [-0.4, -0.2) is 83.5 Å². The van der Waals surface area contributed by atoms with E-state index in [-0.39, 0.29) is 23.7 Å². The van der Waals surface area contributed by atoms with E-state index in [1.165, 1.54) is 10.5 Å². The lowest BCUT2D eigenvalue weighted by Gasteiger charge is -2.34. The fourth-order valence-electron chi connectivity index (χ4n) is 5.20. The van der Waals surface area contributed by atoms with Crippen LogP contribution in [0, 0.1) is 18.8 Å². The number of hydrogen-bond acceptors (Lipinski definition) is 4. The van der Waals surface area contributed by atoms with E-state index in [4.69, 9.17) is 11.6 Å². The highest BCUT2D eigenvalue weighted by Crippen LogP contribution is 2.30. The fraction of sp³-hybridized carbons (Fsp3) is 0.560. The molecule has 0 radical (unpaired) electrons. The molecular formula is C25H33ClN4O4. The van der Waals surface area contributed by atoms with Gasteiger partial charge in [-0.25, -0.2) is 4.79 Å². The standard InChI is InChI=1S/C25H33ClN4O4/c1-17-4-5-22(12-23(17)26)30(24(32)19-6-10-28(11-7-19)18(2)31)9-3-8-27-13-20-15-29(25(33)34)16-21(20)14-27/h4-5,12-13,19,21H,3,6-11,14-16H2,1-2H3,(H,33,34). The third kappa shape index (κ3) is 5.32. The number of piperidine rings is 1. The van der Waals surface area contributed by atoms with Crippen molar-refractivity contribution in [3.05, 3.63) is 40.6 Å². The van der Waals surface area contributed by atoms with E-state index in [0.29, 0.717) is 50.6 Å². The Bertz CT molecular complexity index is 989. The van der Waals surface area contributed by atoms with Gasteiger partial charge < -0.3 is 24.7 Å². The topological polar surface area (TPSA) is 84.4 Å². The molecule has 3 aliphatic rings. The molecular weight excluding hydrogens is 456 g/mol. The summed E-state index contributed by atoms with van der Waals surface area (Å²) < 4.78 is 0. The molecule has 3 amide bonds. The summed E-state index contributed by atoms with van der Waals surface area (Å²) in [6.45, 7) is 8.01. The van der Waals surface area contributed by atoms with Crippen LogP contribution in [0.25, 0.3) is 0 Å². The summed E-state index contributed by atoms with van der Waals surface area (Å²) in [5.74, 6) is 0.322. The molecule has 34 heavy (non-hydrogen) atoms. The van der Waals surface area contributed by atoms with Gasteiger partial charge in [0, 0.05) is 81.5 Å². The maximum absolute atomic E-state index is 13.6. The lowest BCUT2D eigenvalue weighted by atomic mass is 9.94. The molecule has 4 rings (SSSR count). The number of rotatable bonds is 6. The van der Waals surface area contributed by atoms with Gasteiger partial charge in [0.1, 0.15) is 0 Å². The van der Waals surface area contributed by atoms with Gasteiger partial charge >= 0.3 is 6.09 Å². The fourth-order valence-corrected chi connectivity index (χ4v) is 5.38. The normalized spacial score (nSPS) is 20.4.